The van der Waals surface area contributed by atoms with Gasteiger partial charge in [-0.15, -0.1) is 0 Å². The van der Waals surface area contributed by atoms with Gasteiger partial charge in [0.1, 0.15) is 6.10 Å². The lowest BCUT2D eigenvalue weighted by Crippen LogP contribution is -2.53. The molecule has 7 heteroatoms. The SMILES string of the molecule is CCOC(=O)C(F)(C(O)c1ccccc1)C(F)(F)F. The minimum Gasteiger partial charge on any atom is -0.463 e. The summed E-state index contributed by atoms with van der Waals surface area (Å²) in [7, 11) is 0. The number of halogens is 4. The molecule has 1 aromatic carbocycles. The summed E-state index contributed by atoms with van der Waals surface area (Å²) in [6.45, 7) is 0.811. The maximum absolute atomic E-state index is 14.1. The van der Waals surface area contributed by atoms with Gasteiger partial charge in [-0.3, -0.25) is 0 Å². The molecule has 0 aliphatic rings. The van der Waals surface area contributed by atoms with Crippen molar-refractivity contribution in [1.82, 2.24) is 0 Å². The van der Waals surface area contributed by atoms with Gasteiger partial charge in [0.15, 0.2) is 0 Å². The van der Waals surface area contributed by atoms with Crippen LogP contribution in [0.1, 0.15) is 18.6 Å². The van der Waals surface area contributed by atoms with E-state index in [-0.39, 0.29) is 5.56 Å². The molecule has 106 valence electrons. The normalized spacial score (nSPS) is 16.5. The van der Waals surface area contributed by atoms with Gasteiger partial charge in [0.05, 0.1) is 6.61 Å². The summed E-state index contributed by atoms with van der Waals surface area (Å²) in [4.78, 5) is 11.2. The van der Waals surface area contributed by atoms with Gasteiger partial charge in [-0.1, -0.05) is 30.3 Å². The molecule has 2 atom stereocenters. The lowest BCUT2D eigenvalue weighted by Gasteiger charge is -2.30. The van der Waals surface area contributed by atoms with Crippen LogP contribution in [0, 0.1) is 0 Å². The van der Waals surface area contributed by atoms with Crippen molar-refractivity contribution >= 4 is 5.97 Å². The zero-order chi connectivity index (χ0) is 14.7. The molecule has 0 heterocycles. The molecule has 2 unspecified atom stereocenters. The standard InChI is InChI=1S/C12H12F4O3/c1-2-19-10(18)11(13,12(14,15)16)9(17)8-6-4-3-5-7-8/h3-7,9,17H,2H2,1H3. The molecule has 0 saturated heterocycles. The molecule has 1 rings (SSSR count). The van der Waals surface area contributed by atoms with Crippen LogP contribution in [-0.4, -0.2) is 29.5 Å². The molecule has 1 N–H and O–H groups in total. The highest BCUT2D eigenvalue weighted by Crippen LogP contribution is 2.44. The fourth-order valence-electron chi connectivity index (χ4n) is 1.48. The molecule has 0 radical (unpaired) electrons. The molecule has 0 aromatic heterocycles. The third kappa shape index (κ3) is 2.86. The number of aliphatic hydroxyl groups is 1. The number of alkyl halides is 4. The predicted molar refractivity (Wildman–Crippen MR) is 57.9 cm³/mol. The average Bonchev–Trinajstić information content (AvgIpc) is 2.36. The van der Waals surface area contributed by atoms with E-state index in [0.29, 0.717) is 0 Å². The van der Waals surface area contributed by atoms with Crippen molar-refractivity contribution in [3.8, 4) is 0 Å². The van der Waals surface area contributed by atoms with Crippen molar-refractivity contribution in [3.05, 3.63) is 35.9 Å². The van der Waals surface area contributed by atoms with E-state index in [2.05, 4.69) is 4.74 Å². The highest BCUT2D eigenvalue weighted by molar-refractivity contribution is 5.81. The van der Waals surface area contributed by atoms with Crippen molar-refractivity contribution in [3.63, 3.8) is 0 Å². The van der Waals surface area contributed by atoms with Gasteiger partial charge >= 0.3 is 17.8 Å². The summed E-state index contributed by atoms with van der Waals surface area (Å²) in [6, 6.07) is 6.29. The minimum absolute atomic E-state index is 0.365. The Morgan fingerprint density at radius 1 is 1.26 bits per heavy atom. The van der Waals surface area contributed by atoms with E-state index < -0.39 is 30.5 Å². The lowest BCUT2D eigenvalue weighted by molar-refractivity contribution is -0.263. The van der Waals surface area contributed by atoms with Gasteiger partial charge in [0, 0.05) is 0 Å². The smallest absolute Gasteiger partial charge is 0.436 e. The zero-order valence-electron chi connectivity index (χ0n) is 9.95. The molecular weight excluding hydrogens is 268 g/mol. The van der Waals surface area contributed by atoms with E-state index in [4.69, 9.17) is 0 Å². The predicted octanol–water partition coefficient (Wildman–Crippen LogP) is 2.55. The molecule has 0 fully saturated rings. The molecule has 3 nitrogen and oxygen atoms in total. The number of hydrogen-bond acceptors (Lipinski definition) is 3. The van der Waals surface area contributed by atoms with Crippen molar-refractivity contribution in [2.24, 2.45) is 0 Å². The number of carbonyl (C=O) groups is 1. The number of aliphatic hydroxyl groups excluding tert-OH is 1. The lowest BCUT2D eigenvalue weighted by atomic mass is 9.92. The first-order valence-electron chi connectivity index (χ1n) is 5.41. The van der Waals surface area contributed by atoms with E-state index in [0.717, 1.165) is 12.1 Å². The summed E-state index contributed by atoms with van der Waals surface area (Å²) in [6.07, 6.45) is -8.28. The third-order valence-electron chi connectivity index (χ3n) is 2.48. The topological polar surface area (TPSA) is 46.5 Å². The fourth-order valence-corrected chi connectivity index (χ4v) is 1.48. The Bertz CT molecular complexity index is 432. The zero-order valence-corrected chi connectivity index (χ0v) is 9.95. The second-order valence-electron chi connectivity index (χ2n) is 3.74. The second kappa shape index (κ2) is 5.56. The monoisotopic (exact) mass is 280 g/mol. The van der Waals surface area contributed by atoms with E-state index >= 15 is 0 Å². The highest BCUT2D eigenvalue weighted by Gasteiger charge is 2.68. The molecule has 1 aromatic rings. The van der Waals surface area contributed by atoms with E-state index in [1.165, 1.54) is 25.1 Å². The van der Waals surface area contributed by atoms with Crippen LogP contribution >= 0.6 is 0 Å². The summed E-state index contributed by atoms with van der Waals surface area (Å²) in [5, 5.41) is 9.58. The first kappa shape index (κ1) is 15.4. The largest absolute Gasteiger partial charge is 0.463 e. The van der Waals surface area contributed by atoms with Crippen LogP contribution in [0.5, 0.6) is 0 Å². The summed E-state index contributed by atoms with van der Waals surface area (Å²) in [5.41, 5.74) is -4.86. The van der Waals surface area contributed by atoms with Crippen LogP contribution < -0.4 is 0 Å². The molecule has 19 heavy (non-hydrogen) atoms. The Labute approximate surface area is 106 Å². The van der Waals surface area contributed by atoms with Crippen LogP contribution in [0.2, 0.25) is 0 Å². The number of hydrogen-bond donors (Lipinski definition) is 1. The van der Waals surface area contributed by atoms with E-state index in [1.54, 1.807) is 0 Å². The van der Waals surface area contributed by atoms with Crippen LogP contribution in [0.3, 0.4) is 0 Å². The highest BCUT2D eigenvalue weighted by atomic mass is 19.4. The molecule has 0 bridgehead atoms. The van der Waals surface area contributed by atoms with Crippen LogP contribution in [-0.2, 0) is 9.53 Å². The van der Waals surface area contributed by atoms with E-state index in [1.807, 2.05) is 0 Å². The van der Waals surface area contributed by atoms with Gasteiger partial charge < -0.3 is 9.84 Å². The maximum Gasteiger partial charge on any atom is 0.436 e. The molecule has 0 saturated carbocycles. The van der Waals surface area contributed by atoms with Crippen LogP contribution in [0.4, 0.5) is 17.6 Å². The first-order chi connectivity index (χ1) is 8.75. The number of esters is 1. The minimum atomic E-state index is -5.59. The summed E-state index contributed by atoms with van der Waals surface area (Å²) in [5.74, 6) is -2.15. The van der Waals surface area contributed by atoms with Crippen LogP contribution in [0.15, 0.2) is 30.3 Å². The third-order valence-corrected chi connectivity index (χ3v) is 2.48. The summed E-state index contributed by atoms with van der Waals surface area (Å²) < 4.78 is 56.5. The van der Waals surface area contributed by atoms with Gasteiger partial charge in [-0.25, -0.2) is 9.18 Å². The Morgan fingerprint density at radius 3 is 2.21 bits per heavy atom. The Kier molecular flexibility index (Phi) is 4.52. The summed E-state index contributed by atoms with van der Waals surface area (Å²) >= 11 is 0. The van der Waals surface area contributed by atoms with Gasteiger partial charge in [-0.2, -0.15) is 13.2 Å². The van der Waals surface area contributed by atoms with Crippen molar-refractivity contribution < 1.29 is 32.2 Å². The Morgan fingerprint density at radius 2 is 1.79 bits per heavy atom. The molecule has 0 spiro atoms. The van der Waals surface area contributed by atoms with Crippen molar-refractivity contribution in [2.75, 3.05) is 6.61 Å². The molecular formula is C12H12F4O3. The van der Waals surface area contributed by atoms with Crippen molar-refractivity contribution in [2.45, 2.75) is 24.9 Å². The number of rotatable bonds is 4. The number of ether oxygens (including phenoxy) is 1. The molecule has 0 aliphatic carbocycles. The van der Waals surface area contributed by atoms with Gasteiger partial charge in [0.2, 0.25) is 0 Å². The van der Waals surface area contributed by atoms with Gasteiger partial charge in [-0.05, 0) is 12.5 Å². The van der Waals surface area contributed by atoms with Crippen LogP contribution in [0.25, 0.3) is 0 Å². The fraction of sp³-hybridized carbons (Fsp3) is 0.417. The molecule has 0 aliphatic heterocycles. The van der Waals surface area contributed by atoms with E-state index in [9.17, 15) is 27.5 Å². The van der Waals surface area contributed by atoms with Crippen molar-refractivity contribution in [1.29, 1.82) is 0 Å². The Balaban J connectivity index is 3.22. The Hall–Kier alpha value is -1.63. The second-order valence-corrected chi connectivity index (χ2v) is 3.74. The van der Waals surface area contributed by atoms with Gasteiger partial charge in [0.25, 0.3) is 0 Å². The number of benzene rings is 1. The average molecular weight is 280 g/mol. The maximum atomic E-state index is 14.1. The first-order valence-corrected chi connectivity index (χ1v) is 5.41. The number of carbonyl (C=O) groups excluding carboxylic acids is 1. The molecule has 0 amide bonds. The quantitative estimate of drug-likeness (QED) is 0.681.